The minimum absolute atomic E-state index is 0.0470. The summed E-state index contributed by atoms with van der Waals surface area (Å²) in [6, 6.07) is -1.03. The molecule has 0 spiro atoms. The van der Waals surface area contributed by atoms with Crippen molar-refractivity contribution in [1.29, 1.82) is 0 Å². The highest BCUT2D eigenvalue weighted by Gasteiger charge is 2.22. The Morgan fingerprint density at radius 2 is 0.957 bits per heavy atom. The lowest BCUT2D eigenvalue weighted by atomic mass is 10.1. The molecule has 0 aromatic heterocycles. The molecule has 0 heterocycles. The van der Waals surface area contributed by atoms with E-state index in [0.717, 1.165) is 70.6 Å². The molecule has 0 aromatic rings. The molecular weight excluding hydrogens is 614 g/mol. The number of ether oxygens (including phenoxy) is 2. The van der Waals surface area contributed by atoms with Crippen molar-refractivity contribution in [3.8, 4) is 0 Å². The van der Waals surface area contributed by atoms with Gasteiger partial charge in [0.1, 0.15) is 18.8 Å². The van der Waals surface area contributed by atoms with Gasteiger partial charge in [-0.3, -0.25) is 14.4 Å². The van der Waals surface area contributed by atoms with E-state index in [1.807, 2.05) is 0 Å². The third kappa shape index (κ3) is 31.3. The average Bonchev–Trinajstić information content (AvgIpc) is 3.04. The van der Waals surface area contributed by atoms with Crippen LogP contribution in [0.1, 0.15) is 188 Å². The molecule has 2 N–H and O–H groups in total. The highest BCUT2D eigenvalue weighted by molar-refractivity contribution is 7.99. The highest BCUT2D eigenvalue weighted by atomic mass is 32.2. The fourth-order valence-electron chi connectivity index (χ4n) is 5.43. The van der Waals surface area contributed by atoms with Crippen LogP contribution in [0.5, 0.6) is 0 Å². The van der Waals surface area contributed by atoms with Crippen molar-refractivity contribution in [3.05, 3.63) is 0 Å². The second-order valence-corrected chi connectivity index (χ2v) is 14.2. The van der Waals surface area contributed by atoms with Gasteiger partial charge in [0.05, 0.1) is 0 Å². The van der Waals surface area contributed by atoms with Crippen LogP contribution in [-0.4, -0.2) is 59.2 Å². The number of thioether (sulfide) groups is 1. The number of hydrogen-bond donors (Lipinski definition) is 2. The van der Waals surface area contributed by atoms with Gasteiger partial charge in [0.25, 0.3) is 0 Å². The number of hydrogen-bond acceptors (Lipinski definition) is 7. The molecule has 0 radical (unpaired) electrons. The van der Waals surface area contributed by atoms with Gasteiger partial charge >= 0.3 is 17.9 Å². The Kier molecular flexibility index (Phi) is 32.8. The van der Waals surface area contributed by atoms with Crippen molar-refractivity contribution in [2.24, 2.45) is 0 Å². The van der Waals surface area contributed by atoms with E-state index in [2.05, 4.69) is 26.1 Å². The Labute approximate surface area is 292 Å². The molecule has 9 heteroatoms. The quantitative estimate of drug-likeness (QED) is 0.0500. The van der Waals surface area contributed by atoms with Crippen LogP contribution in [0.3, 0.4) is 0 Å². The number of carbonyl (C=O) groups excluding carboxylic acids is 3. The van der Waals surface area contributed by atoms with E-state index in [1.54, 1.807) is 0 Å². The standard InChI is InChI=1S/C38H71NO7S/c1-4-7-10-13-15-17-19-22-25-28-36(41)45-30-33(46-37(42)29-26-23-20-18-16-14-11-8-5-2)31-47-32-34(38(43)44)39-35(40)27-24-21-12-9-6-3/h33-34H,4-32H2,1-3H3,(H,39,40)(H,43,44)/t33-,34-/m1/s1. The lowest BCUT2D eigenvalue weighted by Crippen LogP contribution is -2.42. The van der Waals surface area contributed by atoms with Crippen LogP contribution in [0.15, 0.2) is 0 Å². The third-order valence-electron chi connectivity index (χ3n) is 8.43. The number of rotatable bonds is 35. The van der Waals surface area contributed by atoms with Gasteiger partial charge in [-0.25, -0.2) is 4.79 Å². The molecule has 276 valence electrons. The van der Waals surface area contributed by atoms with Crippen LogP contribution in [-0.2, 0) is 28.7 Å². The van der Waals surface area contributed by atoms with E-state index in [9.17, 15) is 24.3 Å². The Bertz CT molecular complexity index is 779. The molecule has 0 aliphatic heterocycles. The lowest BCUT2D eigenvalue weighted by Gasteiger charge is -2.19. The van der Waals surface area contributed by atoms with Crippen LogP contribution < -0.4 is 5.32 Å². The molecular formula is C38H71NO7S. The fraction of sp³-hybridized carbons (Fsp3) is 0.895. The summed E-state index contributed by atoms with van der Waals surface area (Å²) in [5.41, 5.74) is 0. The number of carboxylic acids is 1. The van der Waals surface area contributed by atoms with Crippen molar-refractivity contribution in [2.75, 3.05) is 18.1 Å². The highest BCUT2D eigenvalue weighted by Crippen LogP contribution is 2.15. The zero-order chi connectivity index (χ0) is 34.8. The van der Waals surface area contributed by atoms with Crippen LogP contribution in [0, 0.1) is 0 Å². The molecule has 0 rings (SSSR count). The van der Waals surface area contributed by atoms with E-state index in [4.69, 9.17) is 9.47 Å². The zero-order valence-corrected chi connectivity index (χ0v) is 31.3. The summed E-state index contributed by atoms with van der Waals surface area (Å²) >= 11 is 1.28. The van der Waals surface area contributed by atoms with Crippen molar-refractivity contribution < 1.29 is 33.8 Å². The van der Waals surface area contributed by atoms with Gasteiger partial charge in [0.2, 0.25) is 5.91 Å². The van der Waals surface area contributed by atoms with E-state index in [1.165, 1.54) is 88.8 Å². The van der Waals surface area contributed by atoms with Crippen LogP contribution in [0.4, 0.5) is 0 Å². The number of aliphatic carboxylic acids is 1. The van der Waals surface area contributed by atoms with Gasteiger partial charge in [-0.15, -0.1) is 0 Å². The summed E-state index contributed by atoms with van der Waals surface area (Å²) in [6.45, 7) is 6.52. The second kappa shape index (κ2) is 34.1. The molecule has 0 unspecified atom stereocenters. The van der Waals surface area contributed by atoms with Gasteiger partial charge in [-0.05, 0) is 19.3 Å². The van der Waals surface area contributed by atoms with Crippen LogP contribution in [0.25, 0.3) is 0 Å². The fourth-order valence-corrected chi connectivity index (χ4v) is 6.45. The molecule has 0 aliphatic carbocycles. The molecule has 0 aromatic carbocycles. The summed E-state index contributed by atoms with van der Waals surface area (Å²) in [6.07, 6.45) is 26.2. The molecule has 1 amide bonds. The Morgan fingerprint density at radius 3 is 1.40 bits per heavy atom. The lowest BCUT2D eigenvalue weighted by molar-refractivity contribution is -0.157. The smallest absolute Gasteiger partial charge is 0.327 e. The first kappa shape index (κ1) is 45.2. The Hall–Kier alpha value is -1.77. The summed E-state index contributed by atoms with van der Waals surface area (Å²) in [5.74, 6) is -1.56. The molecule has 0 saturated heterocycles. The number of esters is 2. The molecule has 0 fully saturated rings. The van der Waals surface area contributed by atoms with Gasteiger partial charge in [-0.1, -0.05) is 149 Å². The van der Waals surface area contributed by atoms with Gasteiger partial charge in [0.15, 0.2) is 0 Å². The topological polar surface area (TPSA) is 119 Å². The first-order valence-corrected chi connectivity index (χ1v) is 20.4. The van der Waals surface area contributed by atoms with Crippen molar-refractivity contribution in [1.82, 2.24) is 5.32 Å². The molecule has 0 aliphatic rings. The minimum atomic E-state index is -1.09. The third-order valence-corrected chi connectivity index (χ3v) is 9.60. The molecule has 0 saturated carbocycles. The number of carbonyl (C=O) groups is 4. The number of unbranched alkanes of at least 4 members (excludes halogenated alkanes) is 20. The second-order valence-electron chi connectivity index (χ2n) is 13.1. The summed E-state index contributed by atoms with van der Waals surface area (Å²) in [5, 5.41) is 12.3. The monoisotopic (exact) mass is 685 g/mol. The average molecular weight is 686 g/mol. The largest absolute Gasteiger partial charge is 0.480 e. The Balaban J connectivity index is 4.66. The maximum Gasteiger partial charge on any atom is 0.327 e. The zero-order valence-electron chi connectivity index (χ0n) is 30.5. The van der Waals surface area contributed by atoms with Gasteiger partial charge < -0.3 is 19.9 Å². The van der Waals surface area contributed by atoms with Gasteiger partial charge in [0, 0.05) is 30.8 Å². The summed E-state index contributed by atoms with van der Waals surface area (Å²) < 4.78 is 11.2. The van der Waals surface area contributed by atoms with E-state index in [0.29, 0.717) is 19.3 Å². The molecule has 8 nitrogen and oxygen atoms in total. The number of nitrogens with one attached hydrogen (secondary N) is 1. The predicted octanol–water partition coefficient (Wildman–Crippen LogP) is 9.95. The van der Waals surface area contributed by atoms with Crippen molar-refractivity contribution in [3.63, 3.8) is 0 Å². The summed E-state index contributed by atoms with van der Waals surface area (Å²) in [4.78, 5) is 49.2. The maximum atomic E-state index is 12.7. The molecule has 47 heavy (non-hydrogen) atoms. The van der Waals surface area contributed by atoms with Crippen molar-refractivity contribution >= 4 is 35.6 Å². The molecule has 0 bridgehead atoms. The molecule has 2 atom stereocenters. The SMILES string of the molecule is CCCCCCCCCCCC(=O)OC[C@H](CSC[C@@H](NC(=O)CCCCCCC)C(=O)O)OC(=O)CCCCCCCCCCC. The van der Waals surface area contributed by atoms with E-state index < -0.39 is 18.1 Å². The number of amides is 1. The number of carboxylic acid groups (broad SMARTS) is 1. The van der Waals surface area contributed by atoms with E-state index >= 15 is 0 Å². The summed E-state index contributed by atoms with van der Waals surface area (Å²) in [7, 11) is 0. The Morgan fingerprint density at radius 1 is 0.553 bits per heavy atom. The van der Waals surface area contributed by atoms with Crippen LogP contribution in [0.2, 0.25) is 0 Å². The van der Waals surface area contributed by atoms with E-state index in [-0.39, 0.29) is 36.0 Å². The van der Waals surface area contributed by atoms with Crippen LogP contribution >= 0.6 is 11.8 Å². The first-order chi connectivity index (χ1) is 22.8. The first-order valence-electron chi connectivity index (χ1n) is 19.3. The maximum absolute atomic E-state index is 12.7. The normalized spacial score (nSPS) is 12.4. The minimum Gasteiger partial charge on any atom is -0.480 e. The predicted molar refractivity (Wildman–Crippen MR) is 195 cm³/mol. The van der Waals surface area contributed by atoms with Gasteiger partial charge in [-0.2, -0.15) is 11.8 Å². The van der Waals surface area contributed by atoms with Crippen molar-refractivity contribution in [2.45, 2.75) is 200 Å².